The number of nitrogens with zero attached hydrogens (tertiary/aromatic N) is 3. The molecule has 2 aliphatic rings. The summed E-state index contributed by atoms with van der Waals surface area (Å²) in [5, 5.41) is 0. The molecule has 1 fully saturated rings. The number of unbranched alkanes of at least 4 members (excludes halogenated alkanes) is 11. The zero-order chi connectivity index (χ0) is 28.2. The van der Waals surface area contributed by atoms with E-state index in [1.165, 1.54) is 89.1 Å². The Bertz CT molecular complexity index is 1030. The van der Waals surface area contributed by atoms with Crippen LogP contribution in [0, 0.1) is 17.8 Å². The quantitative estimate of drug-likeness (QED) is 0.127. The number of aryl methyl sites for hydroxylation is 1. The Morgan fingerprint density at radius 1 is 0.825 bits per heavy atom. The Labute approximate surface area is 239 Å². The number of aromatic nitrogens is 3. The molecule has 4 nitrogen and oxygen atoms in total. The van der Waals surface area contributed by atoms with Gasteiger partial charge in [0.2, 0.25) is 5.95 Å². The Morgan fingerprint density at radius 2 is 1.45 bits per heavy atom. The van der Waals surface area contributed by atoms with Crippen LogP contribution in [0.25, 0.3) is 11.5 Å². The lowest BCUT2D eigenvalue weighted by Gasteiger charge is -2.33. The fraction of sp³-hybridized carbons (Fsp3) is 0.727. The van der Waals surface area contributed by atoms with Crippen molar-refractivity contribution in [2.75, 3.05) is 6.61 Å². The number of ether oxygens (including phenoxy) is 1. The van der Waals surface area contributed by atoms with Gasteiger partial charge in [0, 0.05) is 5.92 Å². The van der Waals surface area contributed by atoms with Gasteiger partial charge in [-0.3, -0.25) is 0 Å². The number of pyridine rings is 1. The average Bonchev–Trinajstić information content (AvgIpc) is 3.77. The molecule has 0 saturated heterocycles. The predicted octanol–water partition coefficient (Wildman–Crippen LogP) is 9.99. The Morgan fingerprint density at radius 3 is 2.12 bits per heavy atom. The molecule has 0 N–H and O–H groups in total. The zero-order valence-corrected chi connectivity index (χ0v) is 24.4. The second-order valence-electron chi connectivity index (χ2n) is 12.0. The molecule has 0 aliphatic heterocycles. The van der Waals surface area contributed by atoms with Gasteiger partial charge in [-0.05, 0) is 43.2 Å². The summed E-state index contributed by atoms with van der Waals surface area (Å²) in [5.41, 5.74) is -0.0193. The molecule has 1 atom stereocenters. The van der Waals surface area contributed by atoms with Crippen molar-refractivity contribution in [3.63, 3.8) is 0 Å². The molecule has 7 heteroatoms. The predicted molar refractivity (Wildman–Crippen MR) is 154 cm³/mol. The zero-order valence-electron chi connectivity index (χ0n) is 24.4. The third kappa shape index (κ3) is 9.17. The molecule has 2 heterocycles. The minimum atomic E-state index is -3.21. The van der Waals surface area contributed by atoms with Crippen LogP contribution in [-0.2, 0) is 12.3 Å². The lowest BCUT2D eigenvalue weighted by Crippen LogP contribution is -2.33. The first-order valence-electron chi connectivity index (χ1n) is 16.0. The van der Waals surface area contributed by atoms with Gasteiger partial charge in [0.1, 0.15) is 5.69 Å². The molecule has 4 rings (SSSR count). The lowest BCUT2D eigenvalue weighted by atomic mass is 9.78. The summed E-state index contributed by atoms with van der Waals surface area (Å²) in [4.78, 5) is 12.4. The van der Waals surface area contributed by atoms with E-state index in [4.69, 9.17) is 4.74 Å². The number of hydrogen-bond acceptors (Lipinski definition) is 4. The van der Waals surface area contributed by atoms with Crippen molar-refractivity contribution in [3.8, 4) is 17.3 Å². The molecule has 0 radical (unpaired) electrons. The van der Waals surface area contributed by atoms with Crippen LogP contribution < -0.4 is 4.74 Å². The second-order valence-corrected chi connectivity index (χ2v) is 12.0. The van der Waals surface area contributed by atoms with E-state index in [0.29, 0.717) is 37.2 Å². The van der Waals surface area contributed by atoms with Crippen LogP contribution in [0.5, 0.6) is 5.75 Å². The van der Waals surface area contributed by atoms with E-state index in [1.54, 1.807) is 0 Å². The largest absolute Gasteiger partial charge is 0.490 e. The van der Waals surface area contributed by atoms with E-state index in [1.807, 2.05) is 0 Å². The molecule has 0 spiro atoms. The van der Waals surface area contributed by atoms with Crippen molar-refractivity contribution >= 4 is 0 Å². The van der Waals surface area contributed by atoms with Gasteiger partial charge in [0.15, 0.2) is 11.6 Å². The molecule has 1 saturated carbocycles. The molecule has 40 heavy (non-hydrogen) atoms. The Kier molecular flexibility index (Phi) is 12.1. The van der Waals surface area contributed by atoms with E-state index in [9.17, 15) is 0 Å². The van der Waals surface area contributed by atoms with Gasteiger partial charge in [-0.1, -0.05) is 103 Å². The minimum absolute atomic E-state index is 0.185. The van der Waals surface area contributed by atoms with Crippen LogP contribution in [0.3, 0.4) is 0 Å². The number of alkyl halides is 2. The summed E-state index contributed by atoms with van der Waals surface area (Å²) in [7, 11) is 0. The summed E-state index contributed by atoms with van der Waals surface area (Å²) in [6.07, 6.45) is 23.5. The maximum atomic E-state index is 15.4. The summed E-state index contributed by atoms with van der Waals surface area (Å²) in [5.74, 6) is -3.37. The van der Waals surface area contributed by atoms with E-state index >= 15 is 13.2 Å². The monoisotopic (exact) mass is 559 g/mol. The van der Waals surface area contributed by atoms with Gasteiger partial charge in [0.25, 0.3) is 5.92 Å². The minimum Gasteiger partial charge on any atom is -0.490 e. The highest BCUT2D eigenvalue weighted by Gasteiger charge is 2.47. The van der Waals surface area contributed by atoms with Gasteiger partial charge in [-0.2, -0.15) is 4.39 Å². The van der Waals surface area contributed by atoms with Crippen molar-refractivity contribution in [2.45, 2.75) is 135 Å². The van der Waals surface area contributed by atoms with Crippen LogP contribution in [0.15, 0.2) is 18.5 Å². The van der Waals surface area contributed by atoms with Gasteiger partial charge < -0.3 is 4.74 Å². The van der Waals surface area contributed by atoms with E-state index in [0.717, 1.165) is 38.0 Å². The summed E-state index contributed by atoms with van der Waals surface area (Å²) >= 11 is 0. The highest BCUT2D eigenvalue weighted by molar-refractivity contribution is 5.53. The standard InChI is InChI=1S/C33H48F3N3O/c1-2-3-4-5-11-14-21-40-28-23-37-32(38-24-28)29-22-26-19-20-27(33(35,36)30(26)31(34)39-29)16-13-10-8-6-7-9-12-15-25-17-18-25/h22-25,27H,2-21H2,1H3. The van der Waals surface area contributed by atoms with Crippen LogP contribution in [-0.4, -0.2) is 21.6 Å². The van der Waals surface area contributed by atoms with Crippen LogP contribution in [0.1, 0.15) is 134 Å². The van der Waals surface area contributed by atoms with Gasteiger partial charge in [-0.15, -0.1) is 0 Å². The third-order valence-corrected chi connectivity index (χ3v) is 8.65. The number of fused-ring (bicyclic) bond motifs is 1. The summed E-state index contributed by atoms with van der Waals surface area (Å²) in [6.45, 7) is 2.80. The normalized spacial score (nSPS) is 18.1. The molecule has 0 aromatic carbocycles. The molecule has 222 valence electrons. The third-order valence-electron chi connectivity index (χ3n) is 8.65. The van der Waals surface area contributed by atoms with Crippen molar-refractivity contribution in [2.24, 2.45) is 11.8 Å². The maximum Gasteiger partial charge on any atom is 0.280 e. The smallest absolute Gasteiger partial charge is 0.280 e. The lowest BCUT2D eigenvalue weighted by molar-refractivity contribution is -0.0824. The highest BCUT2D eigenvalue weighted by atomic mass is 19.3. The molecular weight excluding hydrogens is 511 g/mol. The van der Waals surface area contributed by atoms with Gasteiger partial charge >= 0.3 is 0 Å². The first kappa shape index (κ1) is 30.8. The molecule has 0 amide bonds. The first-order chi connectivity index (χ1) is 19.5. The topological polar surface area (TPSA) is 47.9 Å². The van der Waals surface area contributed by atoms with Crippen LogP contribution in [0.2, 0.25) is 0 Å². The van der Waals surface area contributed by atoms with Crippen molar-refractivity contribution in [3.05, 3.63) is 35.5 Å². The SMILES string of the molecule is CCCCCCCCOc1cnc(-c2cc3c(c(F)n2)C(F)(F)C(CCCCCCCCCC2CC2)CC3)nc1. The molecule has 2 aromatic rings. The highest BCUT2D eigenvalue weighted by Crippen LogP contribution is 2.47. The van der Waals surface area contributed by atoms with Gasteiger partial charge in [0.05, 0.1) is 24.6 Å². The fourth-order valence-corrected chi connectivity index (χ4v) is 5.98. The van der Waals surface area contributed by atoms with Crippen molar-refractivity contribution in [1.29, 1.82) is 0 Å². The fourth-order valence-electron chi connectivity index (χ4n) is 5.98. The molecule has 2 aromatic heterocycles. The Balaban J connectivity index is 1.22. The summed E-state index contributed by atoms with van der Waals surface area (Å²) in [6, 6.07) is 1.54. The van der Waals surface area contributed by atoms with Gasteiger partial charge in [-0.25, -0.2) is 23.7 Å². The second kappa shape index (κ2) is 15.7. The van der Waals surface area contributed by atoms with Crippen LogP contribution >= 0.6 is 0 Å². The van der Waals surface area contributed by atoms with E-state index < -0.39 is 23.4 Å². The number of hydrogen-bond donors (Lipinski definition) is 0. The molecule has 0 bridgehead atoms. The number of rotatable bonds is 19. The van der Waals surface area contributed by atoms with E-state index in [2.05, 4.69) is 21.9 Å². The molecular formula is C33H48F3N3O. The number of halogens is 3. The first-order valence-corrected chi connectivity index (χ1v) is 16.0. The average molecular weight is 560 g/mol. The van der Waals surface area contributed by atoms with E-state index in [-0.39, 0.29) is 11.5 Å². The van der Waals surface area contributed by atoms with Crippen LogP contribution in [0.4, 0.5) is 13.2 Å². The maximum absolute atomic E-state index is 15.4. The van der Waals surface area contributed by atoms with Crippen molar-refractivity contribution < 1.29 is 17.9 Å². The van der Waals surface area contributed by atoms with Crippen molar-refractivity contribution in [1.82, 2.24) is 15.0 Å². The Hall–Kier alpha value is -2.18. The molecule has 1 unspecified atom stereocenters. The summed E-state index contributed by atoms with van der Waals surface area (Å²) < 4.78 is 51.6. The molecule has 2 aliphatic carbocycles.